The van der Waals surface area contributed by atoms with Crippen molar-refractivity contribution in [3.63, 3.8) is 0 Å². The Morgan fingerprint density at radius 2 is 1.89 bits per heavy atom. The third kappa shape index (κ3) is 8.01. The standard InChI is InChI=1S/C19H27N5O2S.HI/c1-13-14(2)27-18(24-13)9-10-21-19(20-3)23-12-17(25)22-11-15-5-7-16(26-4)8-6-15;/h5-8H,9-12H2,1-4H3,(H,22,25)(H2,20,21,23);1H. The van der Waals surface area contributed by atoms with E-state index < -0.39 is 0 Å². The number of hydrogen-bond donors (Lipinski definition) is 3. The number of benzene rings is 1. The Balaban J connectivity index is 0.00000392. The van der Waals surface area contributed by atoms with E-state index in [9.17, 15) is 4.79 Å². The van der Waals surface area contributed by atoms with Gasteiger partial charge >= 0.3 is 0 Å². The predicted octanol–water partition coefficient (Wildman–Crippen LogP) is 2.41. The Labute approximate surface area is 187 Å². The molecular formula is C19H28IN5O2S. The topological polar surface area (TPSA) is 87.6 Å². The molecule has 1 heterocycles. The molecule has 1 aromatic carbocycles. The third-order valence-electron chi connectivity index (χ3n) is 3.99. The summed E-state index contributed by atoms with van der Waals surface area (Å²) in [4.78, 5) is 21.9. The van der Waals surface area contributed by atoms with Crippen molar-refractivity contribution in [1.82, 2.24) is 20.9 Å². The van der Waals surface area contributed by atoms with Gasteiger partial charge in [0, 0.05) is 31.4 Å². The third-order valence-corrected chi connectivity index (χ3v) is 5.13. The second-order valence-electron chi connectivity index (χ2n) is 5.98. The number of aromatic nitrogens is 1. The molecule has 0 radical (unpaired) electrons. The summed E-state index contributed by atoms with van der Waals surface area (Å²) in [6, 6.07) is 7.60. The SMILES string of the molecule is CN=C(NCCc1nc(C)c(C)s1)NCC(=O)NCc1ccc(OC)cc1.I. The van der Waals surface area contributed by atoms with Crippen LogP contribution in [0.1, 0.15) is 21.1 Å². The number of nitrogens with one attached hydrogen (secondary N) is 3. The first kappa shape index (κ1) is 24.2. The lowest BCUT2D eigenvalue weighted by molar-refractivity contribution is -0.120. The van der Waals surface area contributed by atoms with E-state index in [4.69, 9.17) is 4.74 Å². The van der Waals surface area contributed by atoms with Gasteiger partial charge in [0.1, 0.15) is 5.75 Å². The van der Waals surface area contributed by atoms with Gasteiger partial charge in [-0.25, -0.2) is 4.98 Å². The van der Waals surface area contributed by atoms with Gasteiger partial charge in [0.2, 0.25) is 5.91 Å². The zero-order chi connectivity index (χ0) is 19.6. The predicted molar refractivity (Wildman–Crippen MR) is 125 cm³/mol. The molecule has 0 saturated heterocycles. The van der Waals surface area contributed by atoms with E-state index in [0.29, 0.717) is 19.0 Å². The molecule has 2 aromatic rings. The maximum Gasteiger partial charge on any atom is 0.239 e. The molecule has 3 N–H and O–H groups in total. The quantitative estimate of drug-likeness (QED) is 0.285. The smallest absolute Gasteiger partial charge is 0.239 e. The highest BCUT2D eigenvalue weighted by Gasteiger charge is 2.06. The van der Waals surface area contributed by atoms with Crippen LogP contribution in [0.5, 0.6) is 5.75 Å². The van der Waals surface area contributed by atoms with Gasteiger partial charge in [-0.3, -0.25) is 9.79 Å². The zero-order valence-electron chi connectivity index (χ0n) is 16.7. The number of methoxy groups -OCH3 is 1. The minimum absolute atomic E-state index is 0. The van der Waals surface area contributed by atoms with Crippen LogP contribution >= 0.6 is 35.3 Å². The van der Waals surface area contributed by atoms with E-state index in [0.717, 1.165) is 28.4 Å². The normalized spacial score (nSPS) is 10.8. The molecule has 1 amide bonds. The molecule has 0 atom stereocenters. The van der Waals surface area contributed by atoms with Crippen LogP contribution in [-0.4, -0.2) is 44.1 Å². The number of carbonyl (C=O) groups is 1. The summed E-state index contributed by atoms with van der Waals surface area (Å²) in [5.41, 5.74) is 2.10. The molecule has 0 fully saturated rings. The van der Waals surface area contributed by atoms with Crippen LogP contribution in [0.3, 0.4) is 0 Å². The highest BCUT2D eigenvalue weighted by molar-refractivity contribution is 14.0. The van der Waals surface area contributed by atoms with E-state index in [1.54, 1.807) is 25.5 Å². The number of aryl methyl sites for hydroxylation is 2. The first-order valence-electron chi connectivity index (χ1n) is 8.79. The van der Waals surface area contributed by atoms with Crippen LogP contribution in [0.15, 0.2) is 29.3 Å². The fourth-order valence-corrected chi connectivity index (χ4v) is 3.26. The van der Waals surface area contributed by atoms with Crippen LogP contribution in [0.25, 0.3) is 0 Å². The molecule has 0 unspecified atom stereocenters. The Kier molecular flexibility index (Phi) is 10.8. The lowest BCUT2D eigenvalue weighted by atomic mass is 10.2. The van der Waals surface area contributed by atoms with E-state index in [1.165, 1.54) is 4.88 Å². The van der Waals surface area contributed by atoms with Crippen molar-refractivity contribution in [2.45, 2.75) is 26.8 Å². The summed E-state index contributed by atoms with van der Waals surface area (Å²) >= 11 is 1.72. The van der Waals surface area contributed by atoms with Gasteiger partial charge in [-0.1, -0.05) is 12.1 Å². The zero-order valence-corrected chi connectivity index (χ0v) is 19.8. The van der Waals surface area contributed by atoms with Crippen LogP contribution < -0.4 is 20.7 Å². The lowest BCUT2D eigenvalue weighted by Crippen LogP contribution is -2.43. The fraction of sp³-hybridized carbons (Fsp3) is 0.421. The number of thiazole rings is 1. The summed E-state index contributed by atoms with van der Waals surface area (Å²) in [5.74, 6) is 1.30. The second-order valence-corrected chi connectivity index (χ2v) is 7.26. The molecule has 2 rings (SSSR count). The monoisotopic (exact) mass is 517 g/mol. The van der Waals surface area contributed by atoms with E-state index >= 15 is 0 Å². The molecule has 0 aliphatic heterocycles. The van der Waals surface area contributed by atoms with E-state index in [2.05, 4.69) is 32.9 Å². The fourth-order valence-electron chi connectivity index (χ4n) is 2.33. The Morgan fingerprint density at radius 3 is 2.46 bits per heavy atom. The van der Waals surface area contributed by atoms with Crippen molar-refractivity contribution < 1.29 is 9.53 Å². The van der Waals surface area contributed by atoms with Gasteiger partial charge in [-0.15, -0.1) is 35.3 Å². The van der Waals surface area contributed by atoms with Crippen molar-refractivity contribution in [1.29, 1.82) is 0 Å². The van der Waals surface area contributed by atoms with Crippen LogP contribution in [0, 0.1) is 13.8 Å². The largest absolute Gasteiger partial charge is 0.497 e. The second kappa shape index (κ2) is 12.6. The minimum atomic E-state index is -0.0973. The maximum atomic E-state index is 12.0. The molecule has 0 saturated carbocycles. The van der Waals surface area contributed by atoms with Gasteiger partial charge in [-0.05, 0) is 31.5 Å². The highest BCUT2D eigenvalue weighted by Crippen LogP contribution is 2.16. The molecule has 7 nitrogen and oxygen atoms in total. The molecule has 0 spiro atoms. The van der Waals surface area contributed by atoms with Crippen LogP contribution in [0.2, 0.25) is 0 Å². The van der Waals surface area contributed by atoms with E-state index in [1.807, 2.05) is 31.2 Å². The molecule has 9 heteroatoms. The summed E-state index contributed by atoms with van der Waals surface area (Å²) in [7, 11) is 3.31. The number of guanidine groups is 1. The number of halogens is 1. The lowest BCUT2D eigenvalue weighted by Gasteiger charge is -2.11. The van der Waals surface area contributed by atoms with Crippen molar-refractivity contribution in [3.8, 4) is 5.75 Å². The summed E-state index contributed by atoms with van der Waals surface area (Å²) in [6.07, 6.45) is 0.823. The Hall–Kier alpha value is -1.88. The molecule has 28 heavy (non-hydrogen) atoms. The molecule has 0 aliphatic rings. The number of ether oxygens (including phenoxy) is 1. The first-order valence-corrected chi connectivity index (χ1v) is 9.60. The highest BCUT2D eigenvalue weighted by atomic mass is 127. The molecule has 154 valence electrons. The number of carbonyl (C=O) groups excluding carboxylic acids is 1. The van der Waals surface area contributed by atoms with Gasteiger partial charge in [0.25, 0.3) is 0 Å². The average Bonchev–Trinajstić information content (AvgIpc) is 3.00. The number of aliphatic imine (C=N–C) groups is 1. The summed E-state index contributed by atoms with van der Waals surface area (Å²) in [6.45, 7) is 5.44. The molecule has 0 bridgehead atoms. The first-order chi connectivity index (χ1) is 13.0. The van der Waals surface area contributed by atoms with Crippen molar-refractivity contribution in [2.24, 2.45) is 4.99 Å². The number of nitrogens with zero attached hydrogens (tertiary/aromatic N) is 2. The Bertz CT molecular complexity index is 758. The number of rotatable bonds is 8. The minimum Gasteiger partial charge on any atom is -0.497 e. The van der Waals surface area contributed by atoms with Gasteiger partial charge < -0.3 is 20.7 Å². The van der Waals surface area contributed by atoms with Crippen molar-refractivity contribution >= 4 is 47.2 Å². The molecular weight excluding hydrogens is 489 g/mol. The van der Waals surface area contributed by atoms with Gasteiger partial charge in [0.05, 0.1) is 24.4 Å². The maximum absolute atomic E-state index is 12.0. The average molecular weight is 517 g/mol. The van der Waals surface area contributed by atoms with Crippen molar-refractivity contribution in [2.75, 3.05) is 27.2 Å². The number of hydrogen-bond acceptors (Lipinski definition) is 5. The molecule has 1 aromatic heterocycles. The number of amides is 1. The van der Waals surface area contributed by atoms with E-state index in [-0.39, 0.29) is 36.4 Å². The van der Waals surface area contributed by atoms with Gasteiger partial charge in [-0.2, -0.15) is 0 Å². The summed E-state index contributed by atoms with van der Waals surface area (Å²) < 4.78 is 5.12. The van der Waals surface area contributed by atoms with Gasteiger partial charge in [0.15, 0.2) is 5.96 Å². The van der Waals surface area contributed by atoms with Crippen LogP contribution in [0.4, 0.5) is 0 Å². The molecule has 0 aliphatic carbocycles. The summed E-state index contributed by atoms with van der Waals surface area (Å²) in [5, 5.41) is 10.2. The Morgan fingerprint density at radius 1 is 1.18 bits per heavy atom. The van der Waals surface area contributed by atoms with Crippen LogP contribution in [-0.2, 0) is 17.8 Å². The van der Waals surface area contributed by atoms with Crippen molar-refractivity contribution in [3.05, 3.63) is 45.4 Å².